The molecule has 0 spiro atoms. The van der Waals surface area contributed by atoms with Crippen LogP contribution in [0.3, 0.4) is 0 Å². The number of carbonyl (C=O) groups excluding carboxylic acids is 3. The van der Waals surface area contributed by atoms with Crippen LogP contribution in [-0.2, 0) is 42.2 Å². The standard InChI is InChI=1S/C72H119O11P/c1-4-7-10-13-16-19-22-25-28-31-34-37-40-43-46-49-52-55-58-61-70(74)79-65-69(83-72(76)63-60-57-54-51-48-45-42-39-36-33-30-27-24-21-18-15-12-9-6-3)67-81-84(77,78)80-66-68(64-73)82-71(75)62-59-56-53-50-47-44-41-38-35-32-29-26-23-20-17-14-11-8-5-2/h9,12,16-21,25-30,34,36-37,39,45,48,54,57,68-69,73H,4-8,10-11,13-15,22-24,31-33,35,38,40-44,46-47,49-53,55-56,58-67H2,1-3H3,(H,77,78)/b12-9-,19-16-,20-17-,21-18-,28-25-,29-26-,30-27-,37-34-,39-36-,48-45-,57-54-. The first-order valence-electron chi connectivity index (χ1n) is 33.1. The third kappa shape index (κ3) is 62.2. The van der Waals surface area contributed by atoms with E-state index in [9.17, 15) is 28.9 Å². The molecule has 0 amide bonds. The minimum Gasteiger partial charge on any atom is -0.462 e. The van der Waals surface area contributed by atoms with Gasteiger partial charge in [-0.1, -0.05) is 251 Å². The normalized spacial score (nSPS) is 14.1. The number of aliphatic hydroxyl groups excluding tert-OH is 1. The largest absolute Gasteiger partial charge is 0.472 e. The fourth-order valence-electron chi connectivity index (χ4n) is 8.54. The summed E-state index contributed by atoms with van der Waals surface area (Å²) < 4.78 is 39.6. The fourth-order valence-corrected chi connectivity index (χ4v) is 9.32. The van der Waals surface area contributed by atoms with E-state index in [0.717, 1.165) is 116 Å². The number of unbranched alkanes of at least 4 members (excludes halogenated alkanes) is 21. The lowest BCUT2D eigenvalue weighted by Crippen LogP contribution is -2.30. The molecule has 478 valence electrons. The summed E-state index contributed by atoms with van der Waals surface area (Å²) in [4.78, 5) is 48.8. The number of ether oxygens (including phenoxy) is 3. The van der Waals surface area contributed by atoms with Gasteiger partial charge in [0.05, 0.1) is 19.8 Å². The second kappa shape index (κ2) is 64.6. The summed E-state index contributed by atoms with van der Waals surface area (Å²) in [5, 5.41) is 9.87. The zero-order valence-electron chi connectivity index (χ0n) is 53.1. The van der Waals surface area contributed by atoms with Crippen LogP contribution in [0.4, 0.5) is 0 Å². The Morgan fingerprint density at radius 1 is 0.345 bits per heavy atom. The molecule has 0 aliphatic heterocycles. The number of hydrogen-bond donors (Lipinski definition) is 2. The average Bonchev–Trinajstić information content (AvgIpc) is 3.53. The first-order valence-corrected chi connectivity index (χ1v) is 34.6. The van der Waals surface area contributed by atoms with Gasteiger partial charge in [0.2, 0.25) is 0 Å². The molecule has 3 unspecified atom stereocenters. The van der Waals surface area contributed by atoms with Gasteiger partial charge in [-0.15, -0.1) is 0 Å². The highest BCUT2D eigenvalue weighted by molar-refractivity contribution is 7.47. The second-order valence-corrected chi connectivity index (χ2v) is 23.0. The van der Waals surface area contributed by atoms with Gasteiger partial charge in [0.25, 0.3) is 0 Å². The summed E-state index contributed by atoms with van der Waals surface area (Å²) in [6.07, 6.45) is 82.7. The molecule has 0 aromatic rings. The summed E-state index contributed by atoms with van der Waals surface area (Å²) in [6, 6.07) is 0. The van der Waals surface area contributed by atoms with Gasteiger partial charge in [0, 0.05) is 19.3 Å². The number of rotatable bonds is 60. The van der Waals surface area contributed by atoms with E-state index >= 15 is 0 Å². The first-order chi connectivity index (χ1) is 41.2. The lowest BCUT2D eigenvalue weighted by molar-refractivity contribution is -0.161. The molecule has 0 aliphatic carbocycles. The molecule has 0 aromatic carbocycles. The molecular weight excluding hydrogens is 1070 g/mol. The third-order valence-electron chi connectivity index (χ3n) is 13.5. The lowest BCUT2D eigenvalue weighted by atomic mass is 10.1. The monoisotopic (exact) mass is 1190 g/mol. The Morgan fingerprint density at radius 2 is 0.643 bits per heavy atom. The van der Waals surface area contributed by atoms with Crippen molar-refractivity contribution < 1.29 is 52.2 Å². The van der Waals surface area contributed by atoms with Gasteiger partial charge in [-0.2, -0.15) is 0 Å². The van der Waals surface area contributed by atoms with Crippen LogP contribution < -0.4 is 0 Å². The van der Waals surface area contributed by atoms with Gasteiger partial charge in [0.15, 0.2) is 6.10 Å². The van der Waals surface area contributed by atoms with E-state index in [1.165, 1.54) is 83.5 Å². The minimum absolute atomic E-state index is 0.0327. The van der Waals surface area contributed by atoms with Crippen LogP contribution in [0.15, 0.2) is 134 Å². The van der Waals surface area contributed by atoms with Crippen LogP contribution in [-0.4, -0.2) is 66.5 Å². The molecule has 0 aromatic heterocycles. The number of carbonyl (C=O) groups is 3. The summed E-state index contributed by atoms with van der Waals surface area (Å²) >= 11 is 0. The van der Waals surface area contributed by atoms with Crippen LogP contribution in [0.25, 0.3) is 0 Å². The summed E-state index contributed by atoms with van der Waals surface area (Å²) in [5.74, 6) is -1.59. The molecule has 0 radical (unpaired) electrons. The molecular formula is C72H119O11P. The summed E-state index contributed by atoms with van der Waals surface area (Å²) in [5.41, 5.74) is 0. The van der Waals surface area contributed by atoms with Crippen LogP contribution >= 0.6 is 7.82 Å². The topological polar surface area (TPSA) is 155 Å². The molecule has 0 aliphatic rings. The Bertz CT molecular complexity index is 1920. The second-order valence-electron chi connectivity index (χ2n) is 21.5. The Kier molecular flexibility index (Phi) is 61.2. The zero-order chi connectivity index (χ0) is 61.2. The number of aliphatic hydroxyl groups is 1. The highest BCUT2D eigenvalue weighted by Crippen LogP contribution is 2.43. The number of phosphoric acid groups is 1. The molecule has 0 saturated heterocycles. The summed E-state index contributed by atoms with van der Waals surface area (Å²) in [7, 11) is -4.79. The van der Waals surface area contributed by atoms with Gasteiger partial charge < -0.3 is 24.2 Å². The molecule has 0 heterocycles. The Hall–Kier alpha value is -4.38. The fraction of sp³-hybridized carbons (Fsp3) is 0.653. The van der Waals surface area contributed by atoms with Crippen molar-refractivity contribution in [2.45, 2.75) is 277 Å². The molecule has 0 rings (SSSR count). The minimum atomic E-state index is -4.79. The van der Waals surface area contributed by atoms with E-state index in [-0.39, 0.29) is 25.9 Å². The van der Waals surface area contributed by atoms with Crippen molar-refractivity contribution in [3.8, 4) is 0 Å². The third-order valence-corrected chi connectivity index (χ3v) is 14.5. The Morgan fingerprint density at radius 3 is 1.02 bits per heavy atom. The average molecular weight is 1190 g/mol. The lowest BCUT2D eigenvalue weighted by Gasteiger charge is -2.21. The molecule has 12 heteroatoms. The Labute approximate surface area is 512 Å². The van der Waals surface area contributed by atoms with Crippen molar-refractivity contribution in [2.24, 2.45) is 0 Å². The highest BCUT2D eigenvalue weighted by atomic mass is 31.2. The Balaban J connectivity index is 4.82. The molecule has 0 bridgehead atoms. The van der Waals surface area contributed by atoms with E-state index in [1.54, 1.807) is 0 Å². The maximum Gasteiger partial charge on any atom is 0.472 e. The van der Waals surface area contributed by atoms with Crippen LogP contribution in [0.1, 0.15) is 265 Å². The SMILES string of the molecule is CC/C=C\C/C=C\C/C=C\C/C=C\C/C=C\C/C=C\CCC(=O)OC(COC(=O)CCCCCCCC/C=C\C/C=C\C/C=C\CCCCC)COP(=O)(O)OCC(CO)OC(=O)CCCCCCCCCCC/C=C\C/C=C\CCCCC. The van der Waals surface area contributed by atoms with Gasteiger partial charge in [-0.25, -0.2) is 4.57 Å². The van der Waals surface area contributed by atoms with Crippen molar-refractivity contribution >= 4 is 25.7 Å². The molecule has 84 heavy (non-hydrogen) atoms. The van der Waals surface area contributed by atoms with Crippen LogP contribution in [0.5, 0.6) is 0 Å². The number of allylic oxidation sites excluding steroid dienone is 22. The quantitative estimate of drug-likeness (QED) is 0.0197. The molecule has 3 atom stereocenters. The predicted octanol–water partition coefficient (Wildman–Crippen LogP) is 20.5. The molecule has 0 fully saturated rings. The number of hydrogen-bond acceptors (Lipinski definition) is 10. The number of phosphoric ester groups is 1. The van der Waals surface area contributed by atoms with Gasteiger partial charge in [-0.3, -0.25) is 23.4 Å². The zero-order valence-corrected chi connectivity index (χ0v) is 54.0. The smallest absolute Gasteiger partial charge is 0.462 e. The number of esters is 3. The van der Waals surface area contributed by atoms with Crippen molar-refractivity contribution in [2.75, 3.05) is 26.4 Å². The first kappa shape index (κ1) is 79.6. The van der Waals surface area contributed by atoms with E-state index in [2.05, 4.69) is 142 Å². The van der Waals surface area contributed by atoms with E-state index in [1.807, 2.05) is 12.2 Å². The molecule has 2 N–H and O–H groups in total. The maximum atomic E-state index is 13.0. The molecule has 11 nitrogen and oxygen atoms in total. The van der Waals surface area contributed by atoms with Crippen molar-refractivity contribution in [1.82, 2.24) is 0 Å². The predicted molar refractivity (Wildman–Crippen MR) is 353 cm³/mol. The van der Waals surface area contributed by atoms with Crippen LogP contribution in [0, 0.1) is 0 Å². The highest BCUT2D eigenvalue weighted by Gasteiger charge is 2.28. The van der Waals surface area contributed by atoms with E-state index in [0.29, 0.717) is 25.7 Å². The van der Waals surface area contributed by atoms with Crippen LogP contribution in [0.2, 0.25) is 0 Å². The van der Waals surface area contributed by atoms with Crippen molar-refractivity contribution in [3.63, 3.8) is 0 Å². The summed E-state index contributed by atoms with van der Waals surface area (Å²) in [6.45, 7) is 4.39. The maximum absolute atomic E-state index is 13.0. The van der Waals surface area contributed by atoms with Gasteiger partial charge in [0.1, 0.15) is 12.7 Å². The van der Waals surface area contributed by atoms with Gasteiger partial charge in [-0.05, 0) is 128 Å². The van der Waals surface area contributed by atoms with Gasteiger partial charge >= 0.3 is 25.7 Å². The van der Waals surface area contributed by atoms with E-state index < -0.39 is 57.8 Å². The van der Waals surface area contributed by atoms with E-state index in [4.69, 9.17) is 23.3 Å². The molecule has 0 saturated carbocycles. The van der Waals surface area contributed by atoms with Crippen molar-refractivity contribution in [1.29, 1.82) is 0 Å². The van der Waals surface area contributed by atoms with Crippen molar-refractivity contribution in [3.05, 3.63) is 134 Å².